The second-order valence-corrected chi connectivity index (χ2v) is 5.16. The van der Waals surface area contributed by atoms with E-state index in [1.165, 1.54) is 0 Å². The molecule has 1 fully saturated rings. The van der Waals surface area contributed by atoms with Crippen LogP contribution in [0.1, 0.15) is 13.8 Å². The maximum absolute atomic E-state index is 11.5. The zero-order chi connectivity index (χ0) is 10.1. The van der Waals surface area contributed by atoms with Crippen molar-refractivity contribution in [1.82, 2.24) is 10.6 Å². The highest BCUT2D eigenvalue weighted by Crippen LogP contribution is 2.27. The standard InChI is InChI=1S/C9H15BrN2O/c1-6(10)4-11-8(13)7-9(2,3)5-12-7/h7,12H,1,4-5H2,2-3H3,(H,11,13). The maximum atomic E-state index is 11.5. The van der Waals surface area contributed by atoms with Crippen molar-refractivity contribution >= 4 is 21.8 Å². The van der Waals surface area contributed by atoms with E-state index in [0.29, 0.717) is 6.54 Å². The fraction of sp³-hybridized carbons (Fsp3) is 0.667. The Hall–Kier alpha value is -0.350. The van der Waals surface area contributed by atoms with Crippen molar-refractivity contribution in [2.75, 3.05) is 13.1 Å². The molecule has 1 unspecified atom stereocenters. The molecule has 0 saturated carbocycles. The highest BCUT2D eigenvalue weighted by Gasteiger charge is 2.42. The normalized spacial score (nSPS) is 24.7. The second kappa shape index (κ2) is 3.80. The van der Waals surface area contributed by atoms with E-state index in [-0.39, 0.29) is 17.4 Å². The highest BCUT2D eigenvalue weighted by molar-refractivity contribution is 9.11. The molecule has 2 N–H and O–H groups in total. The number of rotatable bonds is 3. The lowest BCUT2D eigenvalue weighted by molar-refractivity contribution is -0.129. The SMILES string of the molecule is C=C(Br)CNC(=O)C1NCC1(C)C. The van der Waals surface area contributed by atoms with E-state index >= 15 is 0 Å². The molecule has 13 heavy (non-hydrogen) atoms. The first-order valence-corrected chi connectivity index (χ1v) is 5.07. The molecule has 1 aliphatic rings. The van der Waals surface area contributed by atoms with Gasteiger partial charge in [-0.1, -0.05) is 36.4 Å². The summed E-state index contributed by atoms with van der Waals surface area (Å²) in [5.41, 5.74) is 0.0811. The summed E-state index contributed by atoms with van der Waals surface area (Å²) in [6.45, 7) is 9.20. The van der Waals surface area contributed by atoms with Gasteiger partial charge < -0.3 is 10.6 Å². The molecule has 0 spiro atoms. The molecule has 74 valence electrons. The minimum absolute atomic E-state index is 0.0526. The lowest BCUT2D eigenvalue weighted by atomic mass is 9.77. The molecule has 1 rings (SSSR count). The summed E-state index contributed by atoms with van der Waals surface area (Å²) in [5, 5.41) is 5.89. The molecule has 1 heterocycles. The summed E-state index contributed by atoms with van der Waals surface area (Å²) >= 11 is 3.19. The molecule has 4 heteroatoms. The van der Waals surface area contributed by atoms with Crippen LogP contribution in [0.25, 0.3) is 0 Å². The van der Waals surface area contributed by atoms with Gasteiger partial charge in [0.05, 0.1) is 6.04 Å². The topological polar surface area (TPSA) is 41.1 Å². The van der Waals surface area contributed by atoms with Gasteiger partial charge in [-0.2, -0.15) is 0 Å². The summed E-state index contributed by atoms with van der Waals surface area (Å²) in [7, 11) is 0. The van der Waals surface area contributed by atoms with E-state index in [2.05, 4.69) is 47.0 Å². The molecule has 0 bridgehead atoms. The minimum atomic E-state index is -0.0562. The predicted molar refractivity (Wildman–Crippen MR) is 56.6 cm³/mol. The van der Waals surface area contributed by atoms with Crippen LogP contribution in [0.4, 0.5) is 0 Å². The fourth-order valence-electron chi connectivity index (χ4n) is 1.35. The van der Waals surface area contributed by atoms with Gasteiger partial charge in [-0.15, -0.1) is 0 Å². The molecule has 1 saturated heterocycles. The summed E-state index contributed by atoms with van der Waals surface area (Å²) in [4.78, 5) is 11.5. The van der Waals surface area contributed by atoms with E-state index in [0.717, 1.165) is 11.0 Å². The van der Waals surface area contributed by atoms with Gasteiger partial charge in [0, 0.05) is 23.0 Å². The predicted octanol–water partition coefficient (Wildman–Crippen LogP) is 1.01. The second-order valence-electron chi connectivity index (χ2n) is 4.04. The number of hydrogen-bond acceptors (Lipinski definition) is 2. The largest absolute Gasteiger partial charge is 0.350 e. The fourth-order valence-corrected chi connectivity index (χ4v) is 1.49. The van der Waals surface area contributed by atoms with Crippen LogP contribution >= 0.6 is 15.9 Å². The monoisotopic (exact) mass is 246 g/mol. The summed E-state index contributed by atoms with van der Waals surface area (Å²) < 4.78 is 0.790. The Balaban J connectivity index is 2.36. The Bertz CT molecular complexity index is 238. The first-order valence-electron chi connectivity index (χ1n) is 4.28. The van der Waals surface area contributed by atoms with Crippen molar-refractivity contribution in [2.24, 2.45) is 5.41 Å². The molecule has 0 radical (unpaired) electrons. The molecule has 0 aromatic rings. The average Bonchev–Trinajstić information content (AvgIpc) is 1.99. The molecule has 3 nitrogen and oxygen atoms in total. The Morgan fingerprint density at radius 3 is 2.69 bits per heavy atom. The molecular formula is C9H15BrN2O. The van der Waals surface area contributed by atoms with E-state index in [1.807, 2.05) is 0 Å². The molecule has 1 amide bonds. The molecule has 0 aromatic heterocycles. The Labute approximate surface area is 87.1 Å². The van der Waals surface area contributed by atoms with Gasteiger partial charge in [-0.05, 0) is 0 Å². The van der Waals surface area contributed by atoms with Crippen LogP contribution in [0.3, 0.4) is 0 Å². The molecule has 1 atom stereocenters. The zero-order valence-corrected chi connectivity index (χ0v) is 9.57. The van der Waals surface area contributed by atoms with Gasteiger partial charge in [-0.3, -0.25) is 4.79 Å². The number of carbonyl (C=O) groups excluding carboxylic acids is 1. The third kappa shape index (κ3) is 2.54. The van der Waals surface area contributed by atoms with Crippen molar-refractivity contribution in [3.8, 4) is 0 Å². The molecule has 1 aliphatic heterocycles. The van der Waals surface area contributed by atoms with Gasteiger partial charge >= 0.3 is 0 Å². The summed E-state index contributed by atoms with van der Waals surface area (Å²) in [6, 6.07) is -0.0562. The first kappa shape index (κ1) is 10.7. The number of nitrogens with one attached hydrogen (secondary N) is 2. The quantitative estimate of drug-likeness (QED) is 0.781. The van der Waals surface area contributed by atoms with Crippen molar-refractivity contribution < 1.29 is 4.79 Å². The van der Waals surface area contributed by atoms with Crippen LogP contribution in [0.2, 0.25) is 0 Å². The lowest BCUT2D eigenvalue weighted by Crippen LogP contribution is -2.65. The summed E-state index contributed by atoms with van der Waals surface area (Å²) in [5.74, 6) is 0.0526. The van der Waals surface area contributed by atoms with Crippen molar-refractivity contribution in [1.29, 1.82) is 0 Å². The molecule has 0 aliphatic carbocycles. The Morgan fingerprint density at radius 2 is 2.38 bits per heavy atom. The molecule has 0 aromatic carbocycles. The Morgan fingerprint density at radius 1 is 1.77 bits per heavy atom. The number of hydrogen-bond donors (Lipinski definition) is 2. The highest BCUT2D eigenvalue weighted by atomic mass is 79.9. The van der Waals surface area contributed by atoms with Crippen molar-refractivity contribution in [2.45, 2.75) is 19.9 Å². The van der Waals surface area contributed by atoms with Gasteiger partial charge in [-0.25, -0.2) is 0 Å². The third-order valence-electron chi connectivity index (χ3n) is 2.26. The molecular weight excluding hydrogens is 232 g/mol. The zero-order valence-electron chi connectivity index (χ0n) is 7.98. The average molecular weight is 247 g/mol. The van der Waals surface area contributed by atoms with Gasteiger partial charge in [0.1, 0.15) is 0 Å². The van der Waals surface area contributed by atoms with Gasteiger partial charge in [0.25, 0.3) is 0 Å². The number of carbonyl (C=O) groups is 1. The van der Waals surface area contributed by atoms with Crippen LogP contribution in [0.5, 0.6) is 0 Å². The van der Waals surface area contributed by atoms with Crippen LogP contribution in [-0.4, -0.2) is 25.0 Å². The first-order chi connectivity index (χ1) is 5.93. The number of amides is 1. The van der Waals surface area contributed by atoms with Crippen LogP contribution in [-0.2, 0) is 4.79 Å². The van der Waals surface area contributed by atoms with Crippen LogP contribution in [0.15, 0.2) is 11.1 Å². The maximum Gasteiger partial charge on any atom is 0.238 e. The smallest absolute Gasteiger partial charge is 0.238 e. The lowest BCUT2D eigenvalue weighted by Gasteiger charge is -2.44. The van der Waals surface area contributed by atoms with Gasteiger partial charge in [0.2, 0.25) is 5.91 Å². The van der Waals surface area contributed by atoms with Crippen LogP contribution in [0, 0.1) is 5.41 Å². The van der Waals surface area contributed by atoms with Crippen molar-refractivity contribution in [3.05, 3.63) is 11.1 Å². The van der Waals surface area contributed by atoms with E-state index in [9.17, 15) is 4.79 Å². The van der Waals surface area contributed by atoms with Gasteiger partial charge in [0.15, 0.2) is 0 Å². The van der Waals surface area contributed by atoms with Crippen molar-refractivity contribution in [3.63, 3.8) is 0 Å². The third-order valence-corrected chi connectivity index (χ3v) is 2.54. The van der Waals surface area contributed by atoms with Crippen LogP contribution < -0.4 is 10.6 Å². The summed E-state index contributed by atoms with van der Waals surface area (Å²) in [6.07, 6.45) is 0. The number of halogens is 1. The Kier molecular flexibility index (Phi) is 3.14. The van der Waals surface area contributed by atoms with E-state index in [1.54, 1.807) is 0 Å². The minimum Gasteiger partial charge on any atom is -0.350 e. The van der Waals surface area contributed by atoms with E-state index < -0.39 is 0 Å². The van der Waals surface area contributed by atoms with E-state index in [4.69, 9.17) is 0 Å².